The van der Waals surface area contributed by atoms with E-state index in [2.05, 4.69) is 19.8 Å². The summed E-state index contributed by atoms with van der Waals surface area (Å²) in [7, 11) is 0. The smallest absolute Gasteiger partial charge is 0.225 e. The summed E-state index contributed by atoms with van der Waals surface area (Å²) in [6, 6.07) is 7.63. The van der Waals surface area contributed by atoms with Crippen LogP contribution in [0.25, 0.3) is 0 Å². The van der Waals surface area contributed by atoms with Crippen molar-refractivity contribution in [3.05, 3.63) is 47.2 Å². The second kappa shape index (κ2) is 6.28. The highest BCUT2D eigenvalue weighted by atomic mass is 35.5. The molecule has 0 aliphatic carbocycles. The molecule has 1 aliphatic rings. The number of aliphatic hydroxyl groups is 1. The van der Waals surface area contributed by atoms with Gasteiger partial charge in [-0.2, -0.15) is 0 Å². The Morgan fingerprint density at radius 1 is 1.05 bits per heavy atom. The second-order valence-corrected chi connectivity index (χ2v) is 5.36. The highest BCUT2D eigenvalue weighted by Gasteiger charge is 2.19. The van der Waals surface area contributed by atoms with Gasteiger partial charge in [-0.25, -0.2) is 9.97 Å². The maximum atomic E-state index is 9.16. The molecule has 1 aliphatic heterocycles. The number of anilines is 2. The number of halogens is 1. The van der Waals surface area contributed by atoms with Crippen molar-refractivity contribution in [2.75, 3.05) is 36.0 Å². The molecule has 1 aromatic heterocycles. The van der Waals surface area contributed by atoms with Gasteiger partial charge in [-0.1, -0.05) is 17.7 Å². The molecule has 5 nitrogen and oxygen atoms in total. The average Bonchev–Trinajstić information content (AvgIpc) is 2.56. The summed E-state index contributed by atoms with van der Waals surface area (Å²) in [5, 5.41) is 9.78. The van der Waals surface area contributed by atoms with Gasteiger partial charge >= 0.3 is 0 Å². The Kier molecular flexibility index (Phi) is 4.22. The quantitative estimate of drug-likeness (QED) is 0.939. The Morgan fingerprint density at radius 2 is 1.71 bits per heavy atom. The van der Waals surface area contributed by atoms with Gasteiger partial charge in [-0.05, 0) is 23.8 Å². The molecule has 21 heavy (non-hydrogen) atoms. The van der Waals surface area contributed by atoms with Crippen molar-refractivity contribution in [3.63, 3.8) is 0 Å². The van der Waals surface area contributed by atoms with Crippen LogP contribution in [0.3, 0.4) is 0 Å². The molecule has 0 saturated carbocycles. The van der Waals surface area contributed by atoms with Gasteiger partial charge in [-0.15, -0.1) is 0 Å². The van der Waals surface area contributed by atoms with Crippen molar-refractivity contribution in [1.29, 1.82) is 0 Å². The summed E-state index contributed by atoms with van der Waals surface area (Å²) in [5.74, 6) is 0.783. The summed E-state index contributed by atoms with van der Waals surface area (Å²) in [4.78, 5) is 13.0. The topological polar surface area (TPSA) is 52.5 Å². The summed E-state index contributed by atoms with van der Waals surface area (Å²) >= 11 is 6.16. The van der Waals surface area contributed by atoms with Crippen LogP contribution in [0.1, 0.15) is 5.56 Å². The third kappa shape index (κ3) is 3.09. The van der Waals surface area contributed by atoms with Gasteiger partial charge in [0.2, 0.25) is 5.95 Å². The first-order valence-electron chi connectivity index (χ1n) is 6.94. The maximum absolute atomic E-state index is 9.16. The van der Waals surface area contributed by atoms with Gasteiger partial charge in [0.25, 0.3) is 0 Å². The Bertz CT molecular complexity index is 600. The number of aromatic nitrogens is 2. The van der Waals surface area contributed by atoms with Crippen LogP contribution in [0.5, 0.6) is 0 Å². The molecule has 6 heteroatoms. The van der Waals surface area contributed by atoms with Crippen LogP contribution in [0.2, 0.25) is 5.02 Å². The SMILES string of the molecule is OCc1ccc(N2CCN(c3ncccn3)CC2)cc1Cl. The highest BCUT2D eigenvalue weighted by molar-refractivity contribution is 6.31. The minimum atomic E-state index is -0.0295. The molecule has 0 amide bonds. The van der Waals surface area contributed by atoms with E-state index in [1.54, 1.807) is 12.4 Å². The number of hydrogen-bond acceptors (Lipinski definition) is 5. The molecular formula is C15H17ClN4O. The minimum Gasteiger partial charge on any atom is -0.392 e. The zero-order chi connectivity index (χ0) is 14.7. The molecule has 2 heterocycles. The van der Waals surface area contributed by atoms with Gasteiger partial charge in [0.15, 0.2) is 0 Å². The third-order valence-electron chi connectivity index (χ3n) is 3.69. The average molecular weight is 305 g/mol. The van der Waals surface area contributed by atoms with Gasteiger partial charge < -0.3 is 14.9 Å². The third-order valence-corrected chi connectivity index (χ3v) is 4.04. The molecule has 1 N–H and O–H groups in total. The van der Waals surface area contributed by atoms with Crippen LogP contribution in [-0.4, -0.2) is 41.3 Å². The number of nitrogens with zero attached hydrogens (tertiary/aromatic N) is 4. The molecule has 1 fully saturated rings. The highest BCUT2D eigenvalue weighted by Crippen LogP contribution is 2.25. The lowest BCUT2D eigenvalue weighted by atomic mass is 10.2. The van der Waals surface area contributed by atoms with E-state index in [4.69, 9.17) is 16.7 Å². The largest absolute Gasteiger partial charge is 0.392 e. The van der Waals surface area contributed by atoms with Crippen molar-refractivity contribution >= 4 is 23.2 Å². The monoisotopic (exact) mass is 304 g/mol. The van der Waals surface area contributed by atoms with E-state index in [1.807, 2.05) is 24.3 Å². The van der Waals surface area contributed by atoms with E-state index in [0.29, 0.717) is 5.02 Å². The molecule has 0 atom stereocenters. The Balaban J connectivity index is 1.67. The van der Waals surface area contributed by atoms with E-state index in [-0.39, 0.29) is 6.61 Å². The molecule has 0 spiro atoms. The normalized spacial score (nSPS) is 15.3. The van der Waals surface area contributed by atoms with Crippen LogP contribution in [0.4, 0.5) is 11.6 Å². The fourth-order valence-corrected chi connectivity index (χ4v) is 2.71. The number of aliphatic hydroxyl groups excluding tert-OH is 1. The predicted octanol–water partition coefficient (Wildman–Crippen LogP) is 1.95. The van der Waals surface area contributed by atoms with E-state index >= 15 is 0 Å². The molecule has 0 unspecified atom stereocenters. The first-order chi connectivity index (χ1) is 10.3. The van der Waals surface area contributed by atoms with Crippen LogP contribution < -0.4 is 9.80 Å². The Morgan fingerprint density at radius 3 is 2.33 bits per heavy atom. The molecule has 2 aromatic rings. The molecule has 1 saturated heterocycles. The fraction of sp³-hybridized carbons (Fsp3) is 0.333. The lowest BCUT2D eigenvalue weighted by Gasteiger charge is -2.36. The van der Waals surface area contributed by atoms with Crippen molar-refractivity contribution in [2.45, 2.75) is 6.61 Å². The number of hydrogen-bond donors (Lipinski definition) is 1. The second-order valence-electron chi connectivity index (χ2n) is 4.96. The lowest BCUT2D eigenvalue weighted by Crippen LogP contribution is -2.47. The molecule has 0 bridgehead atoms. The molecule has 1 aromatic carbocycles. The van der Waals surface area contributed by atoms with Crippen molar-refractivity contribution in [3.8, 4) is 0 Å². The summed E-state index contributed by atoms with van der Waals surface area (Å²) in [5.41, 5.74) is 1.85. The van der Waals surface area contributed by atoms with E-state index < -0.39 is 0 Å². The maximum Gasteiger partial charge on any atom is 0.225 e. The Labute approximate surface area is 128 Å². The summed E-state index contributed by atoms with van der Waals surface area (Å²) < 4.78 is 0. The summed E-state index contributed by atoms with van der Waals surface area (Å²) in [6.45, 7) is 3.52. The molecule has 3 rings (SSSR count). The standard InChI is InChI=1S/C15H17ClN4O/c16-14-10-13(3-2-12(14)11-21)19-6-8-20(9-7-19)15-17-4-1-5-18-15/h1-5,10,21H,6-9,11H2. The molecule has 0 radical (unpaired) electrons. The predicted molar refractivity (Wildman–Crippen MR) is 83.8 cm³/mol. The van der Waals surface area contributed by atoms with E-state index in [0.717, 1.165) is 43.4 Å². The number of benzene rings is 1. The Hall–Kier alpha value is -1.85. The van der Waals surface area contributed by atoms with E-state index in [9.17, 15) is 0 Å². The van der Waals surface area contributed by atoms with E-state index in [1.165, 1.54) is 0 Å². The van der Waals surface area contributed by atoms with Crippen molar-refractivity contribution < 1.29 is 5.11 Å². The number of rotatable bonds is 3. The first-order valence-corrected chi connectivity index (χ1v) is 7.32. The zero-order valence-electron chi connectivity index (χ0n) is 11.6. The van der Waals surface area contributed by atoms with Gasteiger partial charge in [0, 0.05) is 49.3 Å². The van der Waals surface area contributed by atoms with Crippen molar-refractivity contribution in [1.82, 2.24) is 9.97 Å². The first kappa shape index (κ1) is 14.1. The van der Waals surface area contributed by atoms with Crippen LogP contribution in [0.15, 0.2) is 36.7 Å². The molecular weight excluding hydrogens is 288 g/mol. The minimum absolute atomic E-state index is 0.0295. The molecule has 110 valence electrons. The van der Waals surface area contributed by atoms with Gasteiger partial charge in [0.05, 0.1) is 6.61 Å². The summed E-state index contributed by atoms with van der Waals surface area (Å²) in [6.07, 6.45) is 3.53. The van der Waals surface area contributed by atoms with Crippen LogP contribution in [0, 0.1) is 0 Å². The van der Waals surface area contributed by atoms with Crippen LogP contribution >= 0.6 is 11.6 Å². The van der Waals surface area contributed by atoms with Gasteiger partial charge in [-0.3, -0.25) is 0 Å². The lowest BCUT2D eigenvalue weighted by molar-refractivity contribution is 0.282. The van der Waals surface area contributed by atoms with Gasteiger partial charge in [0.1, 0.15) is 0 Å². The fourth-order valence-electron chi connectivity index (χ4n) is 2.48. The van der Waals surface area contributed by atoms with Crippen LogP contribution in [-0.2, 0) is 6.61 Å². The van der Waals surface area contributed by atoms with Crippen molar-refractivity contribution in [2.24, 2.45) is 0 Å². The zero-order valence-corrected chi connectivity index (χ0v) is 12.4. The number of piperazine rings is 1.